The van der Waals surface area contributed by atoms with Gasteiger partial charge in [-0.15, -0.1) is 0 Å². The van der Waals surface area contributed by atoms with Gasteiger partial charge in [-0.1, -0.05) is 20.3 Å². The van der Waals surface area contributed by atoms with Gasteiger partial charge in [-0.25, -0.2) is 0 Å². The molecular weight excluding hydrogens is 138 g/mol. The monoisotopic (exact) mass is 155 g/mol. The predicted molar refractivity (Wildman–Crippen MR) is 45.2 cm³/mol. The molecule has 1 fully saturated rings. The molecule has 1 amide bonds. The highest BCUT2D eigenvalue weighted by Crippen LogP contribution is 2.23. The number of carbonyl (C=O) groups is 1. The third-order valence-electron chi connectivity index (χ3n) is 2.73. The van der Waals surface area contributed by atoms with Crippen molar-refractivity contribution in [2.24, 2.45) is 11.8 Å². The molecule has 2 unspecified atom stereocenters. The van der Waals surface area contributed by atoms with Gasteiger partial charge in [-0.05, 0) is 18.3 Å². The Morgan fingerprint density at radius 2 is 2.45 bits per heavy atom. The van der Waals surface area contributed by atoms with Gasteiger partial charge in [0.15, 0.2) is 0 Å². The van der Waals surface area contributed by atoms with Crippen LogP contribution in [-0.2, 0) is 4.79 Å². The summed E-state index contributed by atoms with van der Waals surface area (Å²) in [5, 5.41) is 2.85. The van der Waals surface area contributed by atoms with Crippen LogP contribution in [0.15, 0.2) is 0 Å². The van der Waals surface area contributed by atoms with Crippen molar-refractivity contribution in [3.63, 3.8) is 0 Å². The summed E-state index contributed by atoms with van der Waals surface area (Å²) in [6.45, 7) is 5.31. The fourth-order valence-electron chi connectivity index (χ4n) is 1.63. The van der Waals surface area contributed by atoms with Crippen LogP contribution >= 0.6 is 0 Å². The van der Waals surface area contributed by atoms with Gasteiger partial charge in [0, 0.05) is 13.0 Å². The van der Waals surface area contributed by atoms with Gasteiger partial charge < -0.3 is 5.32 Å². The molecule has 2 atom stereocenters. The summed E-state index contributed by atoms with van der Waals surface area (Å²) < 4.78 is 0. The molecule has 1 rings (SSSR count). The number of carbonyl (C=O) groups excluding carboxylic acids is 1. The summed E-state index contributed by atoms with van der Waals surface area (Å²) in [6.07, 6.45) is 3.10. The maximum atomic E-state index is 11.0. The van der Waals surface area contributed by atoms with Crippen molar-refractivity contribution in [3.8, 4) is 0 Å². The summed E-state index contributed by atoms with van der Waals surface area (Å²) >= 11 is 0. The van der Waals surface area contributed by atoms with E-state index in [1.165, 1.54) is 12.8 Å². The van der Waals surface area contributed by atoms with Crippen molar-refractivity contribution >= 4 is 5.91 Å². The second-order valence-corrected chi connectivity index (χ2v) is 3.49. The molecule has 1 aliphatic heterocycles. The Balaban J connectivity index is 2.39. The lowest BCUT2D eigenvalue weighted by molar-refractivity contribution is -0.124. The maximum absolute atomic E-state index is 11.0. The van der Waals surface area contributed by atoms with E-state index in [0.717, 1.165) is 13.0 Å². The van der Waals surface area contributed by atoms with E-state index in [1.54, 1.807) is 0 Å². The quantitative estimate of drug-likeness (QED) is 0.644. The first kappa shape index (κ1) is 8.57. The predicted octanol–water partition coefficient (Wildman–Crippen LogP) is 1.56. The van der Waals surface area contributed by atoms with Crippen LogP contribution in [0.2, 0.25) is 0 Å². The molecule has 1 aliphatic rings. The van der Waals surface area contributed by atoms with Crippen LogP contribution in [0.3, 0.4) is 0 Å². The number of amides is 1. The van der Waals surface area contributed by atoms with Gasteiger partial charge in [0.2, 0.25) is 5.91 Å². The lowest BCUT2D eigenvalue weighted by Crippen LogP contribution is -2.35. The molecule has 0 aromatic carbocycles. The Bertz CT molecular complexity index is 144. The van der Waals surface area contributed by atoms with Gasteiger partial charge in [-0.2, -0.15) is 0 Å². The zero-order valence-corrected chi connectivity index (χ0v) is 7.39. The Morgan fingerprint density at radius 3 is 3.00 bits per heavy atom. The van der Waals surface area contributed by atoms with Gasteiger partial charge in [0.25, 0.3) is 0 Å². The van der Waals surface area contributed by atoms with E-state index in [1.807, 2.05) is 0 Å². The van der Waals surface area contributed by atoms with Crippen LogP contribution in [0.1, 0.15) is 33.1 Å². The topological polar surface area (TPSA) is 29.1 Å². The summed E-state index contributed by atoms with van der Waals surface area (Å²) in [5.74, 6) is 1.58. The molecule has 2 nitrogen and oxygen atoms in total. The highest BCUT2D eigenvalue weighted by molar-refractivity contribution is 5.76. The molecule has 0 saturated carbocycles. The maximum Gasteiger partial charge on any atom is 0.220 e. The Morgan fingerprint density at radius 1 is 1.73 bits per heavy atom. The molecule has 0 aliphatic carbocycles. The smallest absolute Gasteiger partial charge is 0.220 e. The standard InChI is InChI=1S/C9H17NO/c1-3-7(2)8-4-5-10-9(11)6-8/h7-8H,3-6H2,1-2H3,(H,10,11). The number of piperidine rings is 1. The Hall–Kier alpha value is -0.530. The first-order valence-electron chi connectivity index (χ1n) is 4.50. The van der Waals surface area contributed by atoms with Crippen molar-refractivity contribution < 1.29 is 4.79 Å². The molecule has 0 aromatic rings. The number of hydrogen-bond acceptors (Lipinski definition) is 1. The molecule has 64 valence electrons. The highest BCUT2D eigenvalue weighted by atomic mass is 16.1. The fourth-order valence-corrected chi connectivity index (χ4v) is 1.63. The molecule has 0 radical (unpaired) electrons. The Kier molecular flexibility index (Phi) is 2.92. The second kappa shape index (κ2) is 3.74. The average Bonchev–Trinajstić information content (AvgIpc) is 2.03. The summed E-state index contributed by atoms with van der Waals surface area (Å²) in [7, 11) is 0. The van der Waals surface area contributed by atoms with E-state index in [2.05, 4.69) is 19.2 Å². The van der Waals surface area contributed by atoms with Crippen LogP contribution in [0.4, 0.5) is 0 Å². The normalized spacial score (nSPS) is 27.8. The molecule has 1 saturated heterocycles. The Labute approximate surface area is 68.4 Å². The van der Waals surface area contributed by atoms with E-state index < -0.39 is 0 Å². The van der Waals surface area contributed by atoms with Crippen LogP contribution in [-0.4, -0.2) is 12.5 Å². The highest BCUT2D eigenvalue weighted by Gasteiger charge is 2.22. The minimum absolute atomic E-state index is 0.238. The summed E-state index contributed by atoms with van der Waals surface area (Å²) in [6, 6.07) is 0. The van der Waals surface area contributed by atoms with Crippen LogP contribution < -0.4 is 5.32 Å². The molecule has 0 bridgehead atoms. The minimum Gasteiger partial charge on any atom is -0.356 e. The summed E-state index contributed by atoms with van der Waals surface area (Å²) in [4.78, 5) is 11.0. The molecule has 0 aromatic heterocycles. The SMILES string of the molecule is CCC(C)C1CCNC(=O)C1. The molecule has 11 heavy (non-hydrogen) atoms. The van der Waals surface area contributed by atoms with E-state index in [4.69, 9.17) is 0 Å². The molecule has 1 N–H and O–H groups in total. The van der Waals surface area contributed by atoms with Crippen molar-refractivity contribution in [1.29, 1.82) is 0 Å². The zero-order chi connectivity index (χ0) is 8.27. The zero-order valence-electron chi connectivity index (χ0n) is 7.39. The number of hydrogen-bond donors (Lipinski definition) is 1. The van der Waals surface area contributed by atoms with Gasteiger partial charge in [0.05, 0.1) is 0 Å². The summed E-state index contributed by atoms with van der Waals surface area (Å²) in [5.41, 5.74) is 0. The fraction of sp³-hybridized carbons (Fsp3) is 0.889. The number of nitrogens with one attached hydrogen (secondary N) is 1. The molecule has 1 heterocycles. The molecule has 2 heteroatoms. The van der Waals surface area contributed by atoms with Crippen molar-refractivity contribution in [2.75, 3.05) is 6.54 Å². The lowest BCUT2D eigenvalue weighted by Gasteiger charge is -2.26. The first-order chi connectivity index (χ1) is 5.24. The second-order valence-electron chi connectivity index (χ2n) is 3.49. The third-order valence-corrected chi connectivity index (χ3v) is 2.73. The van der Waals surface area contributed by atoms with E-state index in [0.29, 0.717) is 11.8 Å². The van der Waals surface area contributed by atoms with Gasteiger partial charge >= 0.3 is 0 Å². The number of rotatable bonds is 2. The molecular formula is C9H17NO. The van der Waals surface area contributed by atoms with Crippen molar-refractivity contribution in [3.05, 3.63) is 0 Å². The first-order valence-corrected chi connectivity index (χ1v) is 4.50. The van der Waals surface area contributed by atoms with E-state index >= 15 is 0 Å². The average molecular weight is 155 g/mol. The van der Waals surface area contributed by atoms with Crippen LogP contribution in [0.5, 0.6) is 0 Å². The van der Waals surface area contributed by atoms with Crippen molar-refractivity contribution in [2.45, 2.75) is 33.1 Å². The molecule has 0 spiro atoms. The van der Waals surface area contributed by atoms with Crippen molar-refractivity contribution in [1.82, 2.24) is 5.32 Å². The van der Waals surface area contributed by atoms with Crippen LogP contribution in [0.25, 0.3) is 0 Å². The van der Waals surface area contributed by atoms with Gasteiger partial charge in [0.1, 0.15) is 0 Å². The van der Waals surface area contributed by atoms with Gasteiger partial charge in [-0.3, -0.25) is 4.79 Å². The van der Waals surface area contributed by atoms with E-state index in [-0.39, 0.29) is 5.91 Å². The van der Waals surface area contributed by atoms with Crippen LogP contribution in [0, 0.1) is 11.8 Å². The lowest BCUT2D eigenvalue weighted by atomic mass is 9.84. The largest absolute Gasteiger partial charge is 0.356 e. The third kappa shape index (κ3) is 2.21. The minimum atomic E-state index is 0.238. The van der Waals surface area contributed by atoms with E-state index in [9.17, 15) is 4.79 Å².